The Hall–Kier alpha value is -3.11. The van der Waals surface area contributed by atoms with Gasteiger partial charge in [-0.15, -0.1) is 0 Å². The first kappa shape index (κ1) is 24.5. The van der Waals surface area contributed by atoms with Crippen LogP contribution in [0.15, 0.2) is 30.3 Å². The highest BCUT2D eigenvalue weighted by Crippen LogP contribution is 2.48. The number of amides is 2. The van der Waals surface area contributed by atoms with E-state index in [1.165, 1.54) is 21.0 Å². The van der Waals surface area contributed by atoms with Crippen molar-refractivity contribution in [2.75, 3.05) is 13.7 Å². The van der Waals surface area contributed by atoms with Gasteiger partial charge in [0.2, 0.25) is 17.4 Å². The van der Waals surface area contributed by atoms with Gasteiger partial charge in [-0.1, -0.05) is 30.3 Å². The SMILES string of the molecule is COC12CCN(C(=O)[C@H](C)NC(=O)[C@H](C)N)[C@@]1(C(=O)OCc1ccccc1)C(=O)CCC2=O. The number of carbonyl (C=O) groups is 5. The van der Waals surface area contributed by atoms with Crippen molar-refractivity contribution in [1.82, 2.24) is 10.2 Å². The summed E-state index contributed by atoms with van der Waals surface area (Å²) in [5.41, 5.74) is 2.12. The fourth-order valence-electron chi connectivity index (χ4n) is 4.66. The quantitative estimate of drug-likeness (QED) is 0.424. The molecule has 2 amide bonds. The lowest BCUT2D eigenvalue weighted by atomic mass is 9.67. The normalized spacial score (nSPS) is 26.4. The van der Waals surface area contributed by atoms with E-state index in [1.807, 2.05) is 0 Å². The first-order valence-electron chi connectivity index (χ1n) is 10.8. The van der Waals surface area contributed by atoms with Gasteiger partial charge in [0.05, 0.1) is 6.04 Å². The molecular formula is C23H29N3O7. The lowest BCUT2D eigenvalue weighted by Gasteiger charge is -2.47. The molecule has 1 saturated heterocycles. The predicted octanol–water partition coefficient (Wildman–Crippen LogP) is -0.130. The molecule has 4 atom stereocenters. The molecule has 1 aliphatic carbocycles. The second-order valence-corrected chi connectivity index (χ2v) is 8.41. The van der Waals surface area contributed by atoms with E-state index in [1.54, 1.807) is 30.3 Å². The van der Waals surface area contributed by atoms with Crippen LogP contribution in [0.5, 0.6) is 0 Å². The van der Waals surface area contributed by atoms with Gasteiger partial charge in [-0.25, -0.2) is 4.79 Å². The van der Waals surface area contributed by atoms with Crippen LogP contribution in [0.2, 0.25) is 0 Å². The molecule has 0 aromatic heterocycles. The van der Waals surface area contributed by atoms with Crippen molar-refractivity contribution in [2.45, 2.75) is 62.9 Å². The summed E-state index contributed by atoms with van der Waals surface area (Å²) in [7, 11) is 1.24. The molecule has 10 nitrogen and oxygen atoms in total. The number of carbonyl (C=O) groups excluding carboxylic acids is 5. The number of nitrogens with one attached hydrogen (secondary N) is 1. The Labute approximate surface area is 191 Å². The standard InChI is InChI=1S/C23H29N3O7/c1-14(24)19(29)25-15(2)20(30)26-12-11-22(32-3)17(27)9-10-18(28)23(22,26)21(31)33-13-16-7-5-4-6-8-16/h4-8,14-15H,9-13,24H2,1-3H3,(H,25,29)/t14-,15-,22?,23+/m0/s1. The number of ketones is 2. The number of hydrogen-bond donors (Lipinski definition) is 2. The second-order valence-electron chi connectivity index (χ2n) is 8.41. The van der Waals surface area contributed by atoms with Crippen molar-refractivity contribution in [3.05, 3.63) is 35.9 Å². The van der Waals surface area contributed by atoms with Crippen LogP contribution in [0.4, 0.5) is 0 Å². The minimum atomic E-state index is -2.27. The van der Waals surface area contributed by atoms with Crippen LogP contribution in [-0.4, -0.2) is 71.1 Å². The Balaban J connectivity index is 2.01. The summed E-state index contributed by atoms with van der Waals surface area (Å²) in [5.74, 6) is -3.37. The highest BCUT2D eigenvalue weighted by molar-refractivity contribution is 6.21. The van der Waals surface area contributed by atoms with E-state index in [9.17, 15) is 24.0 Å². The number of nitrogens with two attached hydrogens (primary N) is 1. The minimum absolute atomic E-state index is 0.0474. The van der Waals surface area contributed by atoms with Gasteiger partial charge in [-0.3, -0.25) is 19.2 Å². The first-order valence-corrected chi connectivity index (χ1v) is 10.8. The number of rotatable bonds is 7. The maximum Gasteiger partial charge on any atom is 0.343 e. The highest BCUT2D eigenvalue weighted by Gasteiger charge is 2.75. The summed E-state index contributed by atoms with van der Waals surface area (Å²) in [4.78, 5) is 66.5. The smallest absolute Gasteiger partial charge is 0.343 e. The van der Waals surface area contributed by atoms with E-state index in [0.29, 0.717) is 5.56 Å². The van der Waals surface area contributed by atoms with Crippen LogP contribution >= 0.6 is 0 Å². The summed E-state index contributed by atoms with van der Waals surface area (Å²) >= 11 is 0. The fraction of sp³-hybridized carbons (Fsp3) is 0.522. The number of likely N-dealkylation sites (tertiary alicyclic amines) is 1. The Bertz CT molecular complexity index is 964. The van der Waals surface area contributed by atoms with Crippen LogP contribution < -0.4 is 11.1 Å². The van der Waals surface area contributed by atoms with Gasteiger partial charge >= 0.3 is 5.97 Å². The molecule has 178 valence electrons. The third-order valence-corrected chi connectivity index (χ3v) is 6.38. The number of Topliss-reactive ketones (excluding diaryl/α,β-unsaturated/α-hetero) is 2. The van der Waals surface area contributed by atoms with E-state index >= 15 is 0 Å². The number of benzene rings is 1. The average Bonchev–Trinajstić information content (AvgIpc) is 3.18. The average molecular weight is 459 g/mol. The lowest BCUT2D eigenvalue weighted by Crippen LogP contribution is -2.75. The summed E-state index contributed by atoms with van der Waals surface area (Å²) < 4.78 is 11.1. The molecule has 3 rings (SSSR count). The zero-order valence-corrected chi connectivity index (χ0v) is 19.0. The molecule has 2 fully saturated rings. The van der Waals surface area contributed by atoms with Gasteiger partial charge in [0, 0.05) is 32.9 Å². The summed E-state index contributed by atoms with van der Waals surface area (Å²) in [6.07, 6.45) is -0.373. The van der Waals surface area contributed by atoms with Crippen LogP contribution in [0.25, 0.3) is 0 Å². The van der Waals surface area contributed by atoms with Crippen LogP contribution in [0, 0.1) is 0 Å². The summed E-state index contributed by atoms with van der Waals surface area (Å²) in [5, 5.41) is 2.48. The highest BCUT2D eigenvalue weighted by atomic mass is 16.5. The second kappa shape index (κ2) is 9.40. The van der Waals surface area contributed by atoms with Gasteiger partial charge < -0.3 is 25.4 Å². The van der Waals surface area contributed by atoms with Crippen molar-refractivity contribution in [3.8, 4) is 0 Å². The molecule has 0 bridgehead atoms. The molecule has 10 heteroatoms. The largest absolute Gasteiger partial charge is 0.459 e. The van der Waals surface area contributed by atoms with Gasteiger partial charge in [0.25, 0.3) is 0 Å². The van der Waals surface area contributed by atoms with Gasteiger partial charge in [-0.05, 0) is 19.4 Å². The number of fused-ring (bicyclic) bond motifs is 1. The third kappa shape index (κ3) is 3.93. The van der Waals surface area contributed by atoms with Crippen molar-refractivity contribution in [2.24, 2.45) is 5.73 Å². The zero-order chi connectivity index (χ0) is 24.4. The summed E-state index contributed by atoms with van der Waals surface area (Å²) in [6, 6.07) is 6.86. The van der Waals surface area contributed by atoms with Gasteiger partial charge in [0.1, 0.15) is 12.6 Å². The maximum atomic E-state index is 13.6. The Morgan fingerprint density at radius 2 is 1.76 bits per heavy atom. The zero-order valence-electron chi connectivity index (χ0n) is 19.0. The van der Waals surface area contributed by atoms with Gasteiger partial charge in [0.15, 0.2) is 17.2 Å². The van der Waals surface area contributed by atoms with E-state index in [0.717, 1.165) is 4.90 Å². The molecule has 1 aliphatic heterocycles. The molecule has 1 saturated carbocycles. The minimum Gasteiger partial charge on any atom is -0.459 e. The monoisotopic (exact) mass is 459 g/mol. The Morgan fingerprint density at radius 1 is 1.12 bits per heavy atom. The van der Waals surface area contributed by atoms with Crippen LogP contribution in [0.1, 0.15) is 38.7 Å². The van der Waals surface area contributed by atoms with E-state index < -0.39 is 52.6 Å². The molecule has 33 heavy (non-hydrogen) atoms. The number of nitrogens with zero attached hydrogens (tertiary/aromatic N) is 1. The molecule has 1 unspecified atom stereocenters. The molecule has 0 radical (unpaired) electrons. The van der Waals surface area contributed by atoms with Crippen molar-refractivity contribution in [3.63, 3.8) is 0 Å². The molecule has 1 aromatic rings. The van der Waals surface area contributed by atoms with Crippen molar-refractivity contribution >= 4 is 29.4 Å². The van der Waals surface area contributed by atoms with Crippen LogP contribution in [-0.2, 0) is 40.1 Å². The van der Waals surface area contributed by atoms with E-state index in [2.05, 4.69) is 5.32 Å². The fourth-order valence-corrected chi connectivity index (χ4v) is 4.66. The Kier molecular flexibility index (Phi) is 6.99. The molecule has 3 N–H and O–H groups in total. The van der Waals surface area contributed by atoms with Crippen molar-refractivity contribution < 1.29 is 33.4 Å². The number of hydrogen-bond acceptors (Lipinski definition) is 8. The molecular weight excluding hydrogens is 430 g/mol. The number of ether oxygens (including phenoxy) is 2. The van der Waals surface area contributed by atoms with E-state index in [4.69, 9.17) is 15.2 Å². The van der Waals surface area contributed by atoms with E-state index in [-0.39, 0.29) is 32.4 Å². The lowest BCUT2D eigenvalue weighted by molar-refractivity contribution is -0.191. The molecule has 2 aliphatic rings. The maximum absolute atomic E-state index is 13.6. The molecule has 0 spiro atoms. The molecule has 1 aromatic carbocycles. The topological polar surface area (TPSA) is 145 Å². The Morgan fingerprint density at radius 3 is 2.36 bits per heavy atom. The predicted molar refractivity (Wildman–Crippen MR) is 116 cm³/mol. The van der Waals surface area contributed by atoms with Crippen LogP contribution in [0.3, 0.4) is 0 Å². The number of esters is 1. The number of methoxy groups -OCH3 is 1. The third-order valence-electron chi connectivity index (χ3n) is 6.38. The van der Waals surface area contributed by atoms with Gasteiger partial charge in [-0.2, -0.15) is 0 Å². The summed E-state index contributed by atoms with van der Waals surface area (Å²) in [6.45, 7) is 2.64. The van der Waals surface area contributed by atoms with Crippen molar-refractivity contribution in [1.29, 1.82) is 0 Å². The first-order chi connectivity index (χ1) is 15.6. The molecule has 1 heterocycles.